The van der Waals surface area contributed by atoms with Crippen molar-refractivity contribution in [1.82, 2.24) is 0 Å². The monoisotopic (exact) mass is 467 g/mol. The summed E-state index contributed by atoms with van der Waals surface area (Å²) in [6.45, 7) is 8.11. The summed E-state index contributed by atoms with van der Waals surface area (Å²) in [6, 6.07) is 18.2. The first-order valence-corrected chi connectivity index (χ1v) is 11.4. The summed E-state index contributed by atoms with van der Waals surface area (Å²) in [4.78, 5) is 37.1. The van der Waals surface area contributed by atoms with Crippen LogP contribution in [0.5, 0.6) is 0 Å². The number of hydrogen-bond donors (Lipinski definition) is 1. The number of rotatable bonds is 8. The van der Waals surface area contributed by atoms with E-state index in [0.29, 0.717) is 12.8 Å². The first kappa shape index (κ1) is 25.3. The van der Waals surface area contributed by atoms with Crippen molar-refractivity contribution in [1.29, 1.82) is 0 Å². The van der Waals surface area contributed by atoms with Gasteiger partial charge in [0.2, 0.25) is 0 Å². The highest BCUT2D eigenvalue weighted by atomic mass is 16.7. The molecule has 0 unspecified atom stereocenters. The minimum Gasteiger partial charge on any atom is -0.444 e. The van der Waals surface area contributed by atoms with Crippen LogP contribution in [0.25, 0.3) is 11.1 Å². The third-order valence-electron chi connectivity index (χ3n) is 6.02. The van der Waals surface area contributed by atoms with Gasteiger partial charge >= 0.3 is 18.0 Å². The standard InChI is InChI=1S/C27H33NO6/c1-25(2,34-24(28)31)16-19(17-27(5)22(29)32-26(3,4)33-23(27)30)15-18-11-13-21(14-12-18)20-9-7-6-8-10-20/h6-14,19H,15-17H2,1-5H3,(H2,28,31)/t19-/m0/s1. The molecule has 182 valence electrons. The zero-order chi connectivity index (χ0) is 25.1. The molecule has 1 aliphatic heterocycles. The smallest absolute Gasteiger partial charge is 0.405 e. The summed E-state index contributed by atoms with van der Waals surface area (Å²) >= 11 is 0. The van der Waals surface area contributed by atoms with E-state index in [1.54, 1.807) is 20.8 Å². The molecule has 1 atom stereocenters. The van der Waals surface area contributed by atoms with Gasteiger partial charge in [-0.2, -0.15) is 0 Å². The van der Waals surface area contributed by atoms with Gasteiger partial charge in [0.1, 0.15) is 5.60 Å². The number of benzene rings is 2. The van der Waals surface area contributed by atoms with Crippen LogP contribution in [0.15, 0.2) is 54.6 Å². The zero-order valence-electron chi connectivity index (χ0n) is 20.4. The Morgan fingerprint density at radius 2 is 1.47 bits per heavy atom. The highest BCUT2D eigenvalue weighted by molar-refractivity contribution is 6.01. The molecule has 3 rings (SSSR count). The number of amides is 1. The Morgan fingerprint density at radius 1 is 0.941 bits per heavy atom. The molecule has 2 aromatic carbocycles. The van der Waals surface area contributed by atoms with E-state index < -0.39 is 34.8 Å². The predicted molar refractivity (Wildman–Crippen MR) is 127 cm³/mol. The normalized spacial score (nSPS) is 17.9. The Labute approximate surface area is 200 Å². The summed E-state index contributed by atoms with van der Waals surface area (Å²) in [5.74, 6) is -2.74. The van der Waals surface area contributed by atoms with Crippen LogP contribution in [-0.2, 0) is 30.2 Å². The Morgan fingerprint density at radius 3 is 2.00 bits per heavy atom. The average Bonchev–Trinajstić information content (AvgIpc) is 2.71. The van der Waals surface area contributed by atoms with Crippen LogP contribution in [-0.4, -0.2) is 29.4 Å². The van der Waals surface area contributed by atoms with Crippen molar-refractivity contribution in [3.8, 4) is 11.1 Å². The van der Waals surface area contributed by atoms with E-state index in [1.807, 2.05) is 54.6 Å². The van der Waals surface area contributed by atoms with Gasteiger partial charge in [-0.3, -0.25) is 9.59 Å². The minimum atomic E-state index is -1.47. The van der Waals surface area contributed by atoms with Crippen LogP contribution in [0.1, 0.15) is 53.0 Å². The highest BCUT2D eigenvalue weighted by Crippen LogP contribution is 2.40. The van der Waals surface area contributed by atoms with E-state index in [1.165, 1.54) is 13.8 Å². The Bertz CT molecular complexity index is 1020. The summed E-state index contributed by atoms with van der Waals surface area (Å²) in [5.41, 5.74) is 6.13. The molecule has 1 fully saturated rings. The van der Waals surface area contributed by atoms with E-state index in [0.717, 1.165) is 16.7 Å². The number of carbonyl (C=O) groups is 3. The van der Waals surface area contributed by atoms with Crippen LogP contribution >= 0.6 is 0 Å². The third kappa shape index (κ3) is 6.16. The van der Waals surface area contributed by atoms with Gasteiger partial charge in [0.05, 0.1) is 0 Å². The van der Waals surface area contributed by atoms with Crippen molar-refractivity contribution < 1.29 is 28.6 Å². The number of hydrogen-bond acceptors (Lipinski definition) is 6. The highest BCUT2D eigenvalue weighted by Gasteiger charge is 2.54. The molecule has 1 aliphatic rings. The molecule has 7 heteroatoms. The molecule has 7 nitrogen and oxygen atoms in total. The van der Waals surface area contributed by atoms with Gasteiger partial charge in [0.25, 0.3) is 5.79 Å². The number of carbonyl (C=O) groups excluding carboxylic acids is 3. The number of cyclic esters (lactones) is 2. The maximum atomic E-state index is 12.8. The minimum absolute atomic E-state index is 0.173. The molecular formula is C27H33NO6. The lowest BCUT2D eigenvalue weighted by Gasteiger charge is -2.40. The Kier molecular flexibility index (Phi) is 7.05. The average molecular weight is 468 g/mol. The van der Waals surface area contributed by atoms with Crippen LogP contribution < -0.4 is 5.73 Å². The van der Waals surface area contributed by atoms with Crippen LogP contribution in [0, 0.1) is 11.3 Å². The number of ether oxygens (including phenoxy) is 3. The lowest BCUT2D eigenvalue weighted by Crippen LogP contribution is -2.53. The fraction of sp³-hybridized carbons (Fsp3) is 0.444. The number of esters is 2. The second-order valence-corrected chi connectivity index (χ2v) is 10.2. The van der Waals surface area contributed by atoms with Gasteiger partial charge in [-0.05, 0) is 62.6 Å². The molecule has 0 aromatic heterocycles. The summed E-state index contributed by atoms with van der Waals surface area (Å²) in [5, 5.41) is 0. The van der Waals surface area contributed by atoms with Crippen LogP contribution in [0.2, 0.25) is 0 Å². The first-order chi connectivity index (χ1) is 15.8. The maximum absolute atomic E-state index is 12.8. The number of primary amides is 1. The largest absolute Gasteiger partial charge is 0.444 e. The van der Waals surface area contributed by atoms with Crippen molar-refractivity contribution in [3.05, 3.63) is 60.2 Å². The summed E-state index contributed by atoms with van der Waals surface area (Å²) < 4.78 is 16.1. The van der Waals surface area contributed by atoms with Gasteiger partial charge < -0.3 is 19.9 Å². The molecule has 0 spiro atoms. The lowest BCUT2D eigenvalue weighted by atomic mass is 9.74. The van der Waals surface area contributed by atoms with Gasteiger partial charge in [-0.1, -0.05) is 54.6 Å². The molecule has 0 radical (unpaired) electrons. The van der Waals surface area contributed by atoms with Crippen molar-refractivity contribution in [2.45, 2.75) is 65.3 Å². The van der Waals surface area contributed by atoms with Gasteiger partial charge in [-0.25, -0.2) is 4.79 Å². The molecule has 0 saturated carbocycles. The summed E-state index contributed by atoms with van der Waals surface area (Å²) in [7, 11) is 0. The second kappa shape index (κ2) is 9.49. The van der Waals surface area contributed by atoms with E-state index in [2.05, 4.69) is 0 Å². The van der Waals surface area contributed by atoms with E-state index in [-0.39, 0.29) is 12.3 Å². The van der Waals surface area contributed by atoms with Crippen LogP contribution in [0.4, 0.5) is 4.79 Å². The Balaban J connectivity index is 1.84. The lowest BCUT2D eigenvalue weighted by molar-refractivity contribution is -0.251. The molecule has 1 saturated heterocycles. The fourth-order valence-electron chi connectivity index (χ4n) is 4.54. The van der Waals surface area contributed by atoms with Crippen molar-refractivity contribution in [2.75, 3.05) is 0 Å². The molecular weight excluding hydrogens is 434 g/mol. The predicted octanol–water partition coefficient (Wildman–Crippen LogP) is 5.01. The van der Waals surface area contributed by atoms with Crippen molar-refractivity contribution >= 4 is 18.0 Å². The molecule has 1 heterocycles. The molecule has 0 aliphatic carbocycles. The molecule has 0 bridgehead atoms. The molecule has 2 aromatic rings. The van der Waals surface area contributed by atoms with E-state index >= 15 is 0 Å². The van der Waals surface area contributed by atoms with Gasteiger partial charge in [0.15, 0.2) is 5.41 Å². The van der Waals surface area contributed by atoms with Crippen molar-refractivity contribution in [3.63, 3.8) is 0 Å². The van der Waals surface area contributed by atoms with Crippen LogP contribution in [0.3, 0.4) is 0 Å². The zero-order valence-corrected chi connectivity index (χ0v) is 20.4. The second-order valence-electron chi connectivity index (χ2n) is 10.2. The molecule has 1 amide bonds. The number of nitrogens with two attached hydrogens (primary N) is 1. The SMILES string of the molecule is CC(C)(C[C@H](Cc1ccc(-c2ccccc2)cc1)CC1(C)C(=O)OC(C)(C)OC1=O)OC(N)=O. The quantitative estimate of drug-likeness (QED) is 0.432. The van der Waals surface area contributed by atoms with Gasteiger partial charge in [0, 0.05) is 13.8 Å². The first-order valence-electron chi connectivity index (χ1n) is 11.4. The summed E-state index contributed by atoms with van der Waals surface area (Å²) in [6.07, 6.45) is 0.239. The van der Waals surface area contributed by atoms with E-state index in [9.17, 15) is 14.4 Å². The topological polar surface area (TPSA) is 105 Å². The third-order valence-corrected chi connectivity index (χ3v) is 6.02. The Hall–Kier alpha value is -3.35. The molecule has 34 heavy (non-hydrogen) atoms. The van der Waals surface area contributed by atoms with Gasteiger partial charge in [-0.15, -0.1) is 0 Å². The fourth-order valence-corrected chi connectivity index (χ4v) is 4.54. The maximum Gasteiger partial charge on any atom is 0.405 e. The molecule has 2 N–H and O–H groups in total. The van der Waals surface area contributed by atoms with E-state index in [4.69, 9.17) is 19.9 Å². The van der Waals surface area contributed by atoms with Crippen molar-refractivity contribution in [2.24, 2.45) is 17.1 Å².